The molecule has 0 saturated heterocycles. The number of nitrogens with one attached hydrogen (secondary N) is 2. The molecule has 2 N–H and O–H groups in total. The summed E-state index contributed by atoms with van der Waals surface area (Å²) in [5.74, 6) is -1.53. The van der Waals surface area contributed by atoms with Gasteiger partial charge < -0.3 is 15.4 Å². The first-order valence-corrected chi connectivity index (χ1v) is 10.5. The molecule has 0 aliphatic heterocycles. The molecular formula is C20H22N2O6S. The number of ether oxygens (including phenoxy) is 1. The van der Waals surface area contributed by atoms with Crippen LogP contribution in [0.2, 0.25) is 0 Å². The molecule has 0 aromatic heterocycles. The Kier molecular flexibility index (Phi) is 7.49. The summed E-state index contributed by atoms with van der Waals surface area (Å²) in [5.41, 5.74) is 1.21. The van der Waals surface area contributed by atoms with Crippen molar-refractivity contribution in [1.29, 1.82) is 0 Å². The highest BCUT2D eigenvalue weighted by molar-refractivity contribution is 7.91. The highest BCUT2D eigenvalue weighted by Crippen LogP contribution is 2.19. The number of methoxy groups -OCH3 is 1. The molecule has 0 unspecified atom stereocenters. The number of sulfone groups is 1. The van der Waals surface area contributed by atoms with Gasteiger partial charge in [-0.15, -0.1) is 0 Å². The smallest absolute Gasteiger partial charge is 0.325 e. The molecule has 2 aromatic rings. The molecule has 8 nitrogen and oxygen atoms in total. The van der Waals surface area contributed by atoms with E-state index in [0.717, 1.165) is 0 Å². The van der Waals surface area contributed by atoms with Gasteiger partial charge in [0.1, 0.15) is 6.54 Å². The Morgan fingerprint density at radius 2 is 1.66 bits per heavy atom. The Bertz CT molecular complexity index is 1000. The van der Waals surface area contributed by atoms with Crippen LogP contribution >= 0.6 is 0 Å². The number of anilines is 1. The minimum absolute atomic E-state index is 0.0149. The zero-order chi connectivity index (χ0) is 21.4. The number of benzene rings is 2. The van der Waals surface area contributed by atoms with Crippen molar-refractivity contribution in [2.45, 2.75) is 18.2 Å². The van der Waals surface area contributed by atoms with Crippen LogP contribution in [-0.4, -0.2) is 45.6 Å². The van der Waals surface area contributed by atoms with Crippen LogP contribution in [0, 0.1) is 0 Å². The maximum absolute atomic E-state index is 12.6. The second kappa shape index (κ2) is 9.83. The summed E-state index contributed by atoms with van der Waals surface area (Å²) in [6, 6.07) is 12.6. The van der Waals surface area contributed by atoms with Gasteiger partial charge in [0, 0.05) is 5.69 Å². The number of carbonyl (C=O) groups excluding carboxylic acids is 3. The third-order valence-corrected chi connectivity index (χ3v) is 5.87. The second-order valence-corrected chi connectivity index (χ2v) is 8.33. The van der Waals surface area contributed by atoms with E-state index in [1.807, 2.05) is 0 Å². The van der Waals surface area contributed by atoms with Crippen molar-refractivity contribution in [3.63, 3.8) is 0 Å². The van der Waals surface area contributed by atoms with Gasteiger partial charge in [0.25, 0.3) is 5.91 Å². The molecule has 2 rings (SSSR count). The van der Waals surface area contributed by atoms with E-state index in [1.54, 1.807) is 36.4 Å². The molecule has 0 heterocycles. The van der Waals surface area contributed by atoms with Crippen LogP contribution in [0.25, 0.3) is 0 Å². The van der Waals surface area contributed by atoms with Crippen LogP contribution in [0.3, 0.4) is 0 Å². The molecule has 0 spiro atoms. The monoisotopic (exact) mass is 418 g/mol. The van der Waals surface area contributed by atoms with Crippen molar-refractivity contribution in [3.05, 3.63) is 59.7 Å². The largest absolute Gasteiger partial charge is 0.468 e. The van der Waals surface area contributed by atoms with Crippen LogP contribution < -0.4 is 10.6 Å². The summed E-state index contributed by atoms with van der Waals surface area (Å²) >= 11 is 0. The summed E-state index contributed by atoms with van der Waals surface area (Å²) < 4.78 is 28.8. The molecule has 2 aromatic carbocycles. The number of rotatable bonds is 8. The molecule has 9 heteroatoms. The zero-order valence-corrected chi connectivity index (χ0v) is 16.9. The van der Waals surface area contributed by atoms with E-state index in [-0.39, 0.29) is 35.1 Å². The Balaban J connectivity index is 2.05. The van der Waals surface area contributed by atoms with Crippen molar-refractivity contribution in [1.82, 2.24) is 5.32 Å². The maximum Gasteiger partial charge on any atom is 0.325 e. The Labute approximate surface area is 169 Å². The molecular weight excluding hydrogens is 396 g/mol. The van der Waals surface area contributed by atoms with Gasteiger partial charge in [-0.1, -0.05) is 31.2 Å². The van der Waals surface area contributed by atoms with E-state index in [1.165, 1.54) is 26.2 Å². The van der Waals surface area contributed by atoms with E-state index in [2.05, 4.69) is 15.4 Å². The van der Waals surface area contributed by atoms with Gasteiger partial charge in [-0.3, -0.25) is 14.4 Å². The van der Waals surface area contributed by atoms with Crippen LogP contribution in [0.5, 0.6) is 0 Å². The molecule has 0 atom stereocenters. The minimum atomic E-state index is -3.54. The quantitative estimate of drug-likeness (QED) is 0.628. The summed E-state index contributed by atoms with van der Waals surface area (Å²) in [7, 11) is -2.30. The van der Waals surface area contributed by atoms with Gasteiger partial charge in [0.15, 0.2) is 9.84 Å². The lowest BCUT2D eigenvalue weighted by Gasteiger charge is -2.10. The predicted octanol–water partition coefficient (Wildman–Crippen LogP) is 1.56. The van der Waals surface area contributed by atoms with Crippen molar-refractivity contribution < 1.29 is 27.5 Å². The van der Waals surface area contributed by atoms with Crippen LogP contribution in [0.4, 0.5) is 5.69 Å². The number of hydrogen-bond donors (Lipinski definition) is 2. The molecule has 2 amide bonds. The summed E-state index contributed by atoms with van der Waals surface area (Å²) in [6.45, 7) is 1.31. The lowest BCUT2D eigenvalue weighted by atomic mass is 10.1. The molecule has 0 aliphatic carbocycles. The van der Waals surface area contributed by atoms with Crippen molar-refractivity contribution in [2.24, 2.45) is 0 Å². The molecule has 154 valence electrons. The Morgan fingerprint density at radius 3 is 2.28 bits per heavy atom. The third-order valence-electron chi connectivity index (χ3n) is 4.08. The first-order chi connectivity index (χ1) is 13.8. The highest BCUT2D eigenvalue weighted by Gasteiger charge is 2.20. The molecule has 0 fully saturated rings. The number of amides is 2. The first kappa shape index (κ1) is 22.1. The van der Waals surface area contributed by atoms with E-state index < -0.39 is 21.7 Å². The van der Waals surface area contributed by atoms with E-state index in [0.29, 0.717) is 11.3 Å². The van der Waals surface area contributed by atoms with Gasteiger partial charge in [-0.25, -0.2) is 8.42 Å². The van der Waals surface area contributed by atoms with Crippen molar-refractivity contribution in [3.8, 4) is 0 Å². The number of esters is 1. The molecule has 0 saturated carbocycles. The minimum Gasteiger partial charge on any atom is -0.468 e. The number of hydrogen-bond acceptors (Lipinski definition) is 6. The van der Waals surface area contributed by atoms with Crippen LogP contribution in [0.1, 0.15) is 22.8 Å². The average Bonchev–Trinajstić information content (AvgIpc) is 2.73. The lowest BCUT2D eigenvalue weighted by molar-refractivity contribution is -0.141. The van der Waals surface area contributed by atoms with E-state index in [9.17, 15) is 22.8 Å². The highest BCUT2D eigenvalue weighted by atomic mass is 32.2. The first-order valence-electron chi connectivity index (χ1n) is 8.82. The standard InChI is InChI=1S/C20H22N2O6S/c1-3-29(26,27)17-7-5-4-6-16(17)20(25)22-15-10-8-14(9-11-15)12-18(23)21-13-19(24)28-2/h4-11H,3,12-13H2,1-2H3,(H,21,23)(H,22,25). The average molecular weight is 418 g/mol. The van der Waals surface area contributed by atoms with Gasteiger partial charge in [0.05, 0.1) is 29.7 Å². The van der Waals surface area contributed by atoms with Gasteiger partial charge in [0.2, 0.25) is 5.91 Å². The zero-order valence-electron chi connectivity index (χ0n) is 16.1. The molecule has 0 radical (unpaired) electrons. The summed E-state index contributed by atoms with van der Waals surface area (Å²) in [5, 5.41) is 5.09. The Morgan fingerprint density at radius 1 is 1.00 bits per heavy atom. The van der Waals surface area contributed by atoms with Crippen LogP contribution in [-0.2, 0) is 30.6 Å². The van der Waals surface area contributed by atoms with E-state index in [4.69, 9.17) is 0 Å². The number of carbonyl (C=O) groups is 3. The van der Waals surface area contributed by atoms with Gasteiger partial charge in [-0.2, -0.15) is 0 Å². The van der Waals surface area contributed by atoms with Gasteiger partial charge in [-0.05, 0) is 29.8 Å². The third kappa shape index (κ3) is 6.15. The van der Waals surface area contributed by atoms with Crippen LogP contribution in [0.15, 0.2) is 53.4 Å². The fourth-order valence-corrected chi connectivity index (χ4v) is 3.57. The van der Waals surface area contributed by atoms with Gasteiger partial charge >= 0.3 is 5.97 Å². The lowest BCUT2D eigenvalue weighted by Crippen LogP contribution is -2.31. The van der Waals surface area contributed by atoms with E-state index >= 15 is 0 Å². The molecule has 29 heavy (non-hydrogen) atoms. The fraction of sp³-hybridized carbons (Fsp3) is 0.250. The van der Waals surface area contributed by atoms with Crippen molar-refractivity contribution >= 4 is 33.3 Å². The topological polar surface area (TPSA) is 119 Å². The predicted molar refractivity (Wildman–Crippen MR) is 107 cm³/mol. The fourth-order valence-electron chi connectivity index (χ4n) is 2.48. The normalized spacial score (nSPS) is 10.8. The summed E-state index contributed by atoms with van der Waals surface area (Å²) in [6.07, 6.45) is 0.0583. The summed E-state index contributed by atoms with van der Waals surface area (Å²) in [4.78, 5) is 35.4. The molecule has 0 bridgehead atoms. The van der Waals surface area contributed by atoms with Crippen molar-refractivity contribution in [2.75, 3.05) is 24.7 Å². The second-order valence-electron chi connectivity index (χ2n) is 6.08. The SMILES string of the molecule is CCS(=O)(=O)c1ccccc1C(=O)Nc1ccc(CC(=O)NCC(=O)OC)cc1. The Hall–Kier alpha value is -3.20. The maximum atomic E-state index is 12.6. The molecule has 0 aliphatic rings.